The molecule has 0 bridgehead atoms. The van der Waals surface area contributed by atoms with Crippen LogP contribution >= 0.6 is 0 Å². The van der Waals surface area contributed by atoms with Gasteiger partial charge < -0.3 is 38.7 Å². The van der Waals surface area contributed by atoms with Gasteiger partial charge in [0.1, 0.15) is 0 Å². The summed E-state index contributed by atoms with van der Waals surface area (Å²) in [6, 6.07) is 0. The predicted molar refractivity (Wildman–Crippen MR) is 17.4 cm³/mol. The molecule has 5 heteroatoms. The van der Waals surface area contributed by atoms with E-state index in [9.17, 15) is 4.79 Å². The maximum Gasteiger partial charge on any atom is 2.00 e. The van der Waals surface area contributed by atoms with Gasteiger partial charge in [0, 0.05) is 0 Å². The van der Waals surface area contributed by atoms with Crippen LogP contribution < -0.4 is 34.0 Å². The Morgan fingerprint density at radius 2 is 1.62 bits per heavy atom. The van der Waals surface area contributed by atoms with Crippen LogP contribution in [0.5, 0.6) is 0 Å². The monoisotopic (exact) mass is 295 g/mol. The van der Waals surface area contributed by atoms with Crippen LogP contribution in [0.15, 0.2) is 0 Å². The van der Waals surface area contributed by atoms with Crippen molar-refractivity contribution in [2.75, 3.05) is 7.11 Å². The zero-order valence-electron chi connectivity index (χ0n) is 4.49. The molecule has 0 amide bonds. The molecule has 46 valence electrons. The van der Waals surface area contributed by atoms with Crippen molar-refractivity contribution < 1.29 is 63.0 Å². The topological polar surface area (TPSA) is 26.3 Å². The fourth-order valence-corrected chi connectivity index (χ4v) is 0. The fourth-order valence-electron chi connectivity index (χ4n) is 0. The molecule has 0 aromatic carbocycles. The van der Waals surface area contributed by atoms with Gasteiger partial charge in [-0.3, -0.25) is 11.7 Å². The second-order valence-corrected chi connectivity index (χ2v) is 0.576. The maximum atomic E-state index is 9.48. The van der Waals surface area contributed by atoms with Crippen LogP contribution in [0, 0.1) is 6.92 Å². The Labute approximate surface area is 82.7 Å². The molecule has 0 saturated carbocycles. The Morgan fingerprint density at radius 3 is 1.62 bits per heavy atom. The second-order valence-electron chi connectivity index (χ2n) is 0.576. The van der Waals surface area contributed by atoms with E-state index >= 15 is 0 Å². The molecule has 0 atom stereocenters. The smallest absolute Gasteiger partial charge is 1.00 e. The normalized spacial score (nSPS) is 4.12. The molecule has 8 heavy (non-hydrogen) atoms. The summed E-state index contributed by atoms with van der Waals surface area (Å²) in [5.74, 6) is -0.495. The van der Waals surface area contributed by atoms with Crippen molar-refractivity contribution in [1.82, 2.24) is 0 Å². The minimum absolute atomic E-state index is 0. The maximum absolute atomic E-state index is 9.48. The van der Waals surface area contributed by atoms with Gasteiger partial charge in [0.05, 0.1) is 7.11 Å². The first-order valence-electron chi connectivity index (χ1n) is 1.17. The summed E-state index contributed by atoms with van der Waals surface area (Å²) in [6.45, 7) is 2.90. The molecule has 0 unspecified atom stereocenters. The van der Waals surface area contributed by atoms with Crippen LogP contribution in [0.25, 0.3) is 0 Å². The van der Waals surface area contributed by atoms with E-state index in [2.05, 4.69) is 11.7 Å². The molecule has 0 heterocycles. The molecule has 0 aromatic rings. The van der Waals surface area contributed by atoms with Crippen LogP contribution in [0.2, 0.25) is 0 Å². The summed E-state index contributed by atoms with van der Waals surface area (Å²) in [4.78, 5) is 9.48. The molecule has 0 aliphatic rings. The van der Waals surface area contributed by atoms with E-state index in [1.807, 2.05) is 0 Å². The zero-order valence-corrected chi connectivity index (χ0v) is 10.6. The summed E-state index contributed by atoms with van der Waals surface area (Å²) in [6.07, 6.45) is 0. The average molecular weight is 298 g/mol. The van der Waals surface area contributed by atoms with E-state index in [1.54, 1.807) is 0 Å². The molecule has 0 aromatic heterocycles. The third kappa shape index (κ3) is 28.4. The van der Waals surface area contributed by atoms with E-state index in [0.717, 1.165) is 0 Å². The molecule has 0 N–H and O–H groups in total. The molecule has 0 aliphatic carbocycles. The van der Waals surface area contributed by atoms with Crippen molar-refractivity contribution in [2.45, 2.75) is 0 Å². The number of hydrogen-bond acceptors (Lipinski definition) is 2. The van der Waals surface area contributed by atoms with Crippen molar-refractivity contribution in [1.29, 1.82) is 0 Å². The fraction of sp³-hybridized carbons (Fsp3) is 0.333. The van der Waals surface area contributed by atoms with E-state index in [-0.39, 0.29) is 53.4 Å². The van der Waals surface area contributed by atoms with Gasteiger partial charge in [0.15, 0.2) is 5.97 Å². The predicted octanol–water partition coefficient (Wildman–Crippen LogP) is -6.00. The van der Waals surface area contributed by atoms with Crippen LogP contribution in [-0.2, 0) is 29.0 Å². The quantitative estimate of drug-likeness (QED) is 0.253. The third-order valence-corrected chi connectivity index (χ3v) is 0.228. The number of carbonyl (C=O) groups is 1. The van der Waals surface area contributed by atoms with Gasteiger partial charge in [0.25, 0.3) is 0 Å². The molecule has 0 aliphatic heterocycles. The van der Waals surface area contributed by atoms with Gasteiger partial charge in [-0.2, -0.15) is 0 Å². The summed E-state index contributed by atoms with van der Waals surface area (Å²) < 4.78 is 4.00. The largest absolute Gasteiger partial charge is 2.00 e. The Balaban J connectivity index is -0.0000000267. The van der Waals surface area contributed by atoms with Gasteiger partial charge in [0.2, 0.25) is 0 Å². The number of carbonyl (C=O) groups excluding carboxylic acids is 1. The SMILES string of the molecule is [Br-].[Br-].[CH2-]C(=O)OC.[Zn+2]. The van der Waals surface area contributed by atoms with Gasteiger partial charge in [-0.1, -0.05) is 0 Å². The van der Waals surface area contributed by atoms with Gasteiger partial charge in [-0.15, -0.1) is 0 Å². The molecule has 0 radical (unpaired) electrons. The number of methoxy groups -OCH3 is 1. The third-order valence-electron chi connectivity index (χ3n) is 0.228. The first kappa shape index (κ1) is 23.1. The second kappa shape index (κ2) is 15.7. The number of halogens is 2. The molecular formula is C3H5Br2O2Zn-. The molecular weight excluding hydrogens is 293 g/mol. The van der Waals surface area contributed by atoms with Crippen molar-refractivity contribution in [3.8, 4) is 0 Å². The molecule has 0 saturated heterocycles. The van der Waals surface area contributed by atoms with Gasteiger partial charge in [-0.05, 0) is 0 Å². The van der Waals surface area contributed by atoms with E-state index in [1.165, 1.54) is 7.11 Å². The summed E-state index contributed by atoms with van der Waals surface area (Å²) in [5, 5.41) is 0. The molecule has 0 spiro atoms. The van der Waals surface area contributed by atoms with Crippen LogP contribution in [0.3, 0.4) is 0 Å². The van der Waals surface area contributed by atoms with Crippen LogP contribution in [0.1, 0.15) is 0 Å². The molecule has 2 nitrogen and oxygen atoms in total. The number of ether oxygens (including phenoxy) is 1. The van der Waals surface area contributed by atoms with Gasteiger partial charge >= 0.3 is 19.5 Å². The number of rotatable bonds is 0. The number of hydrogen-bond donors (Lipinski definition) is 0. The van der Waals surface area contributed by atoms with E-state index in [0.29, 0.717) is 0 Å². The molecule has 0 fully saturated rings. The van der Waals surface area contributed by atoms with Crippen molar-refractivity contribution in [3.63, 3.8) is 0 Å². The first-order valence-corrected chi connectivity index (χ1v) is 1.17. The summed E-state index contributed by atoms with van der Waals surface area (Å²) in [7, 11) is 1.29. The van der Waals surface area contributed by atoms with E-state index < -0.39 is 5.97 Å². The first-order chi connectivity index (χ1) is 2.27. The minimum atomic E-state index is -0.495. The van der Waals surface area contributed by atoms with E-state index in [4.69, 9.17) is 0 Å². The van der Waals surface area contributed by atoms with Crippen LogP contribution in [-0.4, -0.2) is 13.1 Å². The Morgan fingerprint density at radius 1 is 1.50 bits per heavy atom. The summed E-state index contributed by atoms with van der Waals surface area (Å²) in [5.41, 5.74) is 0. The Hall–Kier alpha value is 0.923. The van der Waals surface area contributed by atoms with Crippen LogP contribution in [0.4, 0.5) is 0 Å². The standard InChI is InChI=1S/C3H5O2.2BrH.Zn/c1-3(4)5-2;;;/h1H2,2H3;2*1H;/q-1;;;+2/p-2. The van der Waals surface area contributed by atoms with Crippen molar-refractivity contribution >= 4 is 5.97 Å². The zero-order chi connectivity index (χ0) is 4.28. The van der Waals surface area contributed by atoms with Crippen molar-refractivity contribution in [3.05, 3.63) is 6.92 Å². The number of esters is 1. The minimum Gasteiger partial charge on any atom is -1.00 e. The average Bonchev–Trinajstić information content (AvgIpc) is 1.38. The Bertz CT molecular complexity index is 50.5. The molecule has 0 rings (SSSR count). The van der Waals surface area contributed by atoms with Crippen molar-refractivity contribution in [2.24, 2.45) is 0 Å². The van der Waals surface area contributed by atoms with Gasteiger partial charge in [-0.25, -0.2) is 0 Å². The summed E-state index contributed by atoms with van der Waals surface area (Å²) >= 11 is 0. The Kier molecular flexibility index (Phi) is 45.3.